The van der Waals surface area contributed by atoms with Gasteiger partial charge in [0.1, 0.15) is 18.1 Å². The minimum atomic E-state index is -1.02. The molecule has 4 amide bonds. The van der Waals surface area contributed by atoms with E-state index in [4.69, 9.17) is 11.5 Å². The van der Waals surface area contributed by atoms with Crippen molar-refractivity contribution in [1.29, 1.82) is 0 Å². The van der Waals surface area contributed by atoms with Gasteiger partial charge in [0.25, 0.3) is 0 Å². The number of benzene rings is 3. The lowest BCUT2D eigenvalue weighted by molar-refractivity contribution is -0.133. The zero-order valence-electron chi connectivity index (χ0n) is 28.4. The van der Waals surface area contributed by atoms with Gasteiger partial charge in [-0.3, -0.25) is 24.2 Å². The van der Waals surface area contributed by atoms with Crippen molar-refractivity contribution < 1.29 is 19.2 Å². The van der Waals surface area contributed by atoms with Gasteiger partial charge in [-0.15, -0.1) is 0 Å². The van der Waals surface area contributed by atoms with E-state index in [-0.39, 0.29) is 50.0 Å². The van der Waals surface area contributed by atoms with Gasteiger partial charge in [0.2, 0.25) is 23.6 Å². The Balaban J connectivity index is 1.41. The maximum absolute atomic E-state index is 14.0. The molecule has 0 spiro atoms. The maximum atomic E-state index is 14.0. The summed E-state index contributed by atoms with van der Waals surface area (Å²) in [6, 6.07) is 18.8. The molecule has 1 fully saturated rings. The molecule has 2 heterocycles. The predicted octanol–water partition coefficient (Wildman–Crippen LogP) is 3.08. The first-order valence-electron chi connectivity index (χ1n) is 17.5. The monoisotopic (exact) mass is 680 g/mol. The second kappa shape index (κ2) is 17.8. The number of carbonyl (C=O) groups is 4. The molecule has 1 aliphatic rings. The van der Waals surface area contributed by atoms with Gasteiger partial charge >= 0.3 is 0 Å². The smallest absolute Gasteiger partial charge is 0.243 e. The number of aliphatic imine (C=N–C) groups is 1. The summed E-state index contributed by atoms with van der Waals surface area (Å²) in [5.41, 5.74) is 13.7. The Morgan fingerprint density at radius 2 is 1.42 bits per heavy atom. The Hall–Kier alpha value is -5.39. The van der Waals surface area contributed by atoms with E-state index >= 15 is 0 Å². The Bertz CT molecular complexity index is 1810. The van der Waals surface area contributed by atoms with Crippen molar-refractivity contribution >= 4 is 51.3 Å². The van der Waals surface area contributed by atoms with Gasteiger partial charge in [-0.2, -0.15) is 0 Å². The van der Waals surface area contributed by atoms with Gasteiger partial charge < -0.3 is 37.7 Å². The molecular weight excluding hydrogens is 632 g/mol. The third-order valence-electron chi connectivity index (χ3n) is 9.10. The van der Waals surface area contributed by atoms with Crippen molar-refractivity contribution in [2.75, 3.05) is 13.1 Å². The highest BCUT2D eigenvalue weighted by Gasteiger charge is 2.30. The highest BCUT2D eigenvalue weighted by molar-refractivity contribution is 5.95. The Labute approximate surface area is 292 Å². The van der Waals surface area contributed by atoms with Gasteiger partial charge in [-0.25, -0.2) is 0 Å². The number of H-pyrrole nitrogens is 1. The number of nitrogens with one attached hydrogen (secondary N) is 5. The number of aromatic nitrogens is 1. The van der Waals surface area contributed by atoms with Crippen LogP contribution in [0.2, 0.25) is 0 Å². The summed E-state index contributed by atoms with van der Waals surface area (Å²) in [5, 5.41) is 14.8. The van der Waals surface area contributed by atoms with Crippen LogP contribution in [0, 0.1) is 0 Å². The van der Waals surface area contributed by atoms with E-state index in [1.165, 1.54) is 0 Å². The van der Waals surface area contributed by atoms with Gasteiger partial charge in [0.15, 0.2) is 5.96 Å². The van der Waals surface area contributed by atoms with E-state index in [9.17, 15) is 19.2 Å². The fourth-order valence-corrected chi connectivity index (χ4v) is 6.40. The van der Waals surface area contributed by atoms with E-state index in [2.05, 4.69) is 31.2 Å². The second-order valence-electron chi connectivity index (χ2n) is 12.9. The number of guanidine groups is 1. The van der Waals surface area contributed by atoms with E-state index in [1.807, 2.05) is 72.9 Å². The molecule has 1 aliphatic heterocycles. The Kier molecular flexibility index (Phi) is 12.8. The molecule has 0 aliphatic carbocycles. The molecule has 1 saturated heterocycles. The molecule has 0 radical (unpaired) electrons. The summed E-state index contributed by atoms with van der Waals surface area (Å²) < 4.78 is 0. The first kappa shape index (κ1) is 35.9. The topological polar surface area (TPSA) is 197 Å². The van der Waals surface area contributed by atoms with Crippen molar-refractivity contribution in [3.63, 3.8) is 0 Å². The number of nitrogens with zero attached hydrogens (tertiary/aromatic N) is 1. The first-order chi connectivity index (χ1) is 24.3. The van der Waals surface area contributed by atoms with Crippen molar-refractivity contribution in [2.45, 2.75) is 82.3 Å². The van der Waals surface area contributed by atoms with Crippen LogP contribution in [0.4, 0.5) is 0 Å². The molecule has 3 aromatic carbocycles. The van der Waals surface area contributed by atoms with Crippen molar-refractivity contribution in [1.82, 2.24) is 26.3 Å². The summed E-state index contributed by atoms with van der Waals surface area (Å²) in [6.45, 7) is 0.715. The molecule has 5 rings (SSSR count). The number of amides is 4. The number of hydrogen-bond donors (Lipinski definition) is 7. The molecule has 0 bridgehead atoms. The second-order valence-corrected chi connectivity index (χ2v) is 12.9. The molecule has 12 nitrogen and oxygen atoms in total. The van der Waals surface area contributed by atoms with Gasteiger partial charge in [-0.05, 0) is 53.6 Å². The first-order valence-corrected chi connectivity index (χ1v) is 17.5. The number of fused-ring (bicyclic) bond motifs is 2. The summed E-state index contributed by atoms with van der Waals surface area (Å²) in [5.74, 6) is -1.59. The number of carbonyl (C=O) groups excluding carboxylic acids is 4. The van der Waals surface area contributed by atoms with Crippen LogP contribution in [-0.2, 0) is 32.0 Å². The summed E-state index contributed by atoms with van der Waals surface area (Å²) in [4.78, 5) is 62.0. The molecule has 3 atom stereocenters. The number of nitrogens with two attached hydrogens (primary N) is 2. The quantitative estimate of drug-likeness (QED) is 0.0848. The summed E-state index contributed by atoms with van der Waals surface area (Å²) >= 11 is 0. The zero-order valence-corrected chi connectivity index (χ0v) is 28.4. The fourth-order valence-electron chi connectivity index (χ4n) is 6.40. The van der Waals surface area contributed by atoms with Crippen LogP contribution in [-0.4, -0.2) is 65.8 Å². The number of hydrogen-bond acceptors (Lipinski definition) is 5. The van der Waals surface area contributed by atoms with Crippen LogP contribution in [0.25, 0.3) is 21.7 Å². The molecule has 4 aromatic rings. The van der Waals surface area contributed by atoms with Crippen molar-refractivity contribution in [2.24, 2.45) is 16.5 Å². The minimum absolute atomic E-state index is 0.0724. The Morgan fingerprint density at radius 1 is 0.720 bits per heavy atom. The SMILES string of the molecule is NC(N)=NCCC[C@@H]1NC(=O)[C@@H](Cc2ccc3ccccc3c2)NC(=O)CCCCCCCNC(=O)[C@H](Cc2c[nH]c3ccccc23)NC1=O. The average Bonchev–Trinajstić information content (AvgIpc) is 3.51. The van der Waals surface area contributed by atoms with E-state index in [1.54, 1.807) is 0 Å². The van der Waals surface area contributed by atoms with E-state index in [0.717, 1.165) is 58.5 Å². The Morgan fingerprint density at radius 3 is 2.26 bits per heavy atom. The lowest BCUT2D eigenvalue weighted by atomic mass is 10.00. The van der Waals surface area contributed by atoms with Crippen LogP contribution < -0.4 is 32.7 Å². The van der Waals surface area contributed by atoms with E-state index in [0.29, 0.717) is 19.4 Å². The molecule has 0 unspecified atom stereocenters. The average molecular weight is 681 g/mol. The standard InChI is InChI=1S/C38H48N8O4/c39-38(40)42-20-10-15-31-36(49)46-33(23-28-24-43-30-14-8-7-13-29(28)30)35(48)41-19-9-3-1-2-4-16-34(47)44-32(37(50)45-31)22-25-17-18-26-11-5-6-12-27(26)21-25/h5-8,11-14,17-18,21,24,31-33,43H,1-4,9-10,15-16,19-20,22-23H2,(H,41,48)(H,44,47)(H,45,50)(H,46,49)(H4,39,40,42)/t31-,32+,33-/m0/s1. The highest BCUT2D eigenvalue weighted by atomic mass is 16.2. The molecule has 1 aromatic heterocycles. The normalized spacial score (nSPS) is 20.2. The third-order valence-corrected chi connectivity index (χ3v) is 9.10. The molecule has 9 N–H and O–H groups in total. The largest absolute Gasteiger partial charge is 0.370 e. The molecule has 0 saturated carbocycles. The van der Waals surface area contributed by atoms with Gasteiger partial charge in [0, 0.05) is 49.5 Å². The zero-order chi connectivity index (χ0) is 35.3. The van der Waals surface area contributed by atoms with Crippen LogP contribution in [0.15, 0.2) is 77.9 Å². The van der Waals surface area contributed by atoms with Crippen LogP contribution in [0.5, 0.6) is 0 Å². The number of para-hydroxylation sites is 1. The molecule has 12 heteroatoms. The van der Waals surface area contributed by atoms with Crippen LogP contribution in [0.1, 0.15) is 62.5 Å². The lowest BCUT2D eigenvalue weighted by Crippen LogP contribution is -2.57. The minimum Gasteiger partial charge on any atom is -0.370 e. The predicted molar refractivity (Wildman–Crippen MR) is 196 cm³/mol. The third kappa shape index (κ3) is 10.3. The molecule has 264 valence electrons. The van der Waals surface area contributed by atoms with Gasteiger partial charge in [0.05, 0.1) is 0 Å². The fraction of sp³-hybridized carbons (Fsp3) is 0.395. The molecular formula is C38H48N8O4. The van der Waals surface area contributed by atoms with E-state index < -0.39 is 29.9 Å². The van der Waals surface area contributed by atoms with Crippen LogP contribution >= 0.6 is 0 Å². The van der Waals surface area contributed by atoms with Crippen molar-refractivity contribution in [3.8, 4) is 0 Å². The number of rotatable bonds is 8. The number of aromatic amines is 1. The lowest BCUT2D eigenvalue weighted by Gasteiger charge is -2.26. The van der Waals surface area contributed by atoms with Crippen molar-refractivity contribution in [3.05, 3.63) is 84.1 Å². The summed E-state index contributed by atoms with van der Waals surface area (Å²) in [6.07, 6.45) is 7.35. The summed E-state index contributed by atoms with van der Waals surface area (Å²) in [7, 11) is 0. The highest BCUT2D eigenvalue weighted by Crippen LogP contribution is 2.20. The molecule has 50 heavy (non-hydrogen) atoms. The maximum Gasteiger partial charge on any atom is 0.243 e. The van der Waals surface area contributed by atoms with Gasteiger partial charge in [-0.1, -0.05) is 79.9 Å². The van der Waals surface area contributed by atoms with Crippen LogP contribution in [0.3, 0.4) is 0 Å².